The van der Waals surface area contributed by atoms with Crippen LogP contribution in [0, 0.1) is 5.92 Å². The zero-order chi connectivity index (χ0) is 57.8. The highest BCUT2D eigenvalue weighted by atomic mass is 15.1. The van der Waals surface area contributed by atoms with Crippen LogP contribution in [0.25, 0.3) is 66.8 Å². The van der Waals surface area contributed by atoms with Gasteiger partial charge in [-0.25, -0.2) is 0 Å². The molecule has 420 valence electrons. The highest BCUT2D eigenvalue weighted by Gasteiger charge is 2.71. The van der Waals surface area contributed by atoms with Crippen molar-refractivity contribution in [2.24, 2.45) is 5.92 Å². The van der Waals surface area contributed by atoms with E-state index >= 15 is 0 Å². The van der Waals surface area contributed by atoms with Crippen LogP contribution in [0.3, 0.4) is 0 Å². The monoisotopic (exact) mass is 1120 g/mol. The van der Waals surface area contributed by atoms with Crippen LogP contribution in [-0.2, 0) is 27.1 Å². The van der Waals surface area contributed by atoms with E-state index in [0.29, 0.717) is 23.7 Å². The first-order valence-corrected chi connectivity index (χ1v) is 32.6. The van der Waals surface area contributed by atoms with Crippen molar-refractivity contribution >= 4 is 17.1 Å². The molecule has 7 unspecified atom stereocenters. The molecule has 0 amide bonds. The maximum Gasteiger partial charge on any atom is 0.0508 e. The Morgan fingerprint density at radius 1 is 0.310 bits per heavy atom. The lowest BCUT2D eigenvalue weighted by Crippen LogP contribution is -2.64. The Balaban J connectivity index is 0.845. The third-order valence-corrected chi connectivity index (χ3v) is 24.3. The smallest absolute Gasteiger partial charge is 0.0508 e. The van der Waals surface area contributed by atoms with Crippen LogP contribution in [0.4, 0.5) is 17.1 Å². The Morgan fingerprint density at radius 2 is 0.736 bits per heavy atom. The Kier molecular flexibility index (Phi) is 10.2. The molecule has 7 atom stereocenters. The van der Waals surface area contributed by atoms with Gasteiger partial charge in [-0.1, -0.05) is 246 Å². The molecule has 19 rings (SSSR count). The molecular weight excluding hydrogens is 1050 g/mol. The number of rotatable bonds is 4. The van der Waals surface area contributed by atoms with Gasteiger partial charge in [-0.2, -0.15) is 0 Å². The van der Waals surface area contributed by atoms with Crippen LogP contribution in [0.15, 0.2) is 249 Å². The first-order valence-electron chi connectivity index (χ1n) is 32.6. The number of nitrogens with zero attached hydrogens (tertiary/aromatic N) is 1. The largest absolute Gasteiger partial charge is 0.310 e. The number of anilines is 3. The summed E-state index contributed by atoms with van der Waals surface area (Å²) in [5.41, 5.74) is 34.8. The standard InChI is InChI=1S/C86H71N/c1-82(2)72-33-15-11-28-67(72)69-44-43-58(47-77(69)82)87(78-38-20-32-71-68-29-12-16-34-73(68)83(3,4)80(71)78)57-41-39-53(40-42-57)62-31-19-37-76-79(62)70-30-10-7-23-61(70)56-50-85-48-54(59-21-5-8-24-63(59)66-27-14-18-36-75(66)85)45-46-84-49-55(51-86(76,52-56)81(84)85)60-22-6-9-25-64(60)65-26-13-17-35-74(65)84/h5-44,47,54-56,81H,45-46,48-52H2,1-4H3. The minimum Gasteiger partial charge on any atom is -0.310 e. The van der Waals surface area contributed by atoms with E-state index in [1.165, 1.54) is 132 Å². The summed E-state index contributed by atoms with van der Waals surface area (Å²) in [5, 5.41) is 0. The lowest BCUT2D eigenvalue weighted by molar-refractivity contribution is -0.0410. The molecule has 87 heavy (non-hydrogen) atoms. The molecule has 3 saturated carbocycles. The second kappa shape index (κ2) is 17.7. The SMILES string of the molecule is CC1(C)c2ccccc2-c2ccc(N(c3ccc(-c4cccc5c4-c4ccccc4C4CC67CC(CCC89CC(CC5(C4)C86)c4ccccc4-c4ccccc49)c4ccccc4-c4ccccc47)cc3)c3cccc4c3C(C)(C)c3ccccc3-4)cc21. The van der Waals surface area contributed by atoms with E-state index < -0.39 is 0 Å². The fourth-order valence-corrected chi connectivity index (χ4v) is 21.5. The molecule has 0 heterocycles. The van der Waals surface area contributed by atoms with Gasteiger partial charge >= 0.3 is 0 Å². The van der Waals surface area contributed by atoms with Gasteiger partial charge in [-0.15, -0.1) is 0 Å². The molecule has 0 aliphatic heterocycles. The average molecular weight is 1120 g/mol. The van der Waals surface area contributed by atoms with Crippen LogP contribution in [0.5, 0.6) is 0 Å². The summed E-state index contributed by atoms with van der Waals surface area (Å²) in [6, 6.07) is 98.9. The molecular formula is C86H71N. The molecule has 6 bridgehead atoms. The summed E-state index contributed by atoms with van der Waals surface area (Å²) in [6.07, 6.45) is 8.23. The summed E-state index contributed by atoms with van der Waals surface area (Å²) in [5.74, 6) is 1.59. The lowest BCUT2D eigenvalue weighted by Gasteiger charge is -2.67. The van der Waals surface area contributed by atoms with Crippen molar-refractivity contribution < 1.29 is 0 Å². The van der Waals surface area contributed by atoms with Crippen LogP contribution in [-0.4, -0.2) is 0 Å². The van der Waals surface area contributed by atoms with Gasteiger partial charge in [0.15, 0.2) is 0 Å². The van der Waals surface area contributed by atoms with Gasteiger partial charge in [-0.3, -0.25) is 0 Å². The van der Waals surface area contributed by atoms with Crippen molar-refractivity contribution in [1.82, 2.24) is 0 Å². The van der Waals surface area contributed by atoms with Crippen molar-refractivity contribution in [1.29, 1.82) is 0 Å². The first-order chi connectivity index (χ1) is 42.6. The number of benzene rings is 11. The van der Waals surface area contributed by atoms with Crippen molar-refractivity contribution in [3.05, 3.63) is 304 Å². The van der Waals surface area contributed by atoms with Crippen LogP contribution >= 0.6 is 0 Å². The van der Waals surface area contributed by atoms with E-state index in [-0.39, 0.29) is 27.1 Å². The molecule has 8 aliphatic carbocycles. The second-order valence-corrected chi connectivity index (χ2v) is 28.8. The summed E-state index contributed by atoms with van der Waals surface area (Å²) >= 11 is 0. The second-order valence-electron chi connectivity index (χ2n) is 28.8. The third kappa shape index (κ3) is 6.55. The topological polar surface area (TPSA) is 3.24 Å². The van der Waals surface area contributed by atoms with Crippen LogP contribution < -0.4 is 4.90 Å². The predicted molar refractivity (Wildman–Crippen MR) is 360 cm³/mol. The quantitative estimate of drug-likeness (QED) is 0.170. The Morgan fingerprint density at radius 3 is 1.39 bits per heavy atom. The highest BCUT2D eigenvalue weighted by Crippen LogP contribution is 2.78. The molecule has 8 aliphatic rings. The fourth-order valence-electron chi connectivity index (χ4n) is 21.5. The number of hydrogen-bond donors (Lipinski definition) is 0. The molecule has 3 fully saturated rings. The average Bonchev–Trinajstić information content (AvgIpc) is 1.63. The van der Waals surface area contributed by atoms with E-state index in [2.05, 4.69) is 281 Å². The summed E-state index contributed by atoms with van der Waals surface area (Å²) in [4.78, 5) is 2.60. The van der Waals surface area contributed by atoms with Crippen LogP contribution in [0.2, 0.25) is 0 Å². The minimum absolute atomic E-state index is 0.0737. The predicted octanol–water partition coefficient (Wildman–Crippen LogP) is 22.2. The zero-order valence-corrected chi connectivity index (χ0v) is 50.4. The maximum absolute atomic E-state index is 2.67. The molecule has 1 nitrogen and oxygen atoms in total. The molecule has 1 heteroatoms. The van der Waals surface area contributed by atoms with Crippen molar-refractivity contribution in [3.63, 3.8) is 0 Å². The first kappa shape index (κ1) is 50.4. The Bertz CT molecular complexity index is 4740. The Labute approximate surface area is 513 Å². The van der Waals surface area contributed by atoms with Gasteiger partial charge in [0.05, 0.1) is 5.69 Å². The van der Waals surface area contributed by atoms with Gasteiger partial charge in [0.25, 0.3) is 0 Å². The molecule has 0 aromatic heterocycles. The van der Waals surface area contributed by atoms with Gasteiger partial charge in [0.1, 0.15) is 0 Å². The summed E-state index contributed by atoms with van der Waals surface area (Å²) in [6.45, 7) is 9.69. The Hall–Kier alpha value is -8.78. The molecule has 3 spiro atoms. The van der Waals surface area contributed by atoms with Crippen molar-refractivity contribution in [3.8, 4) is 66.8 Å². The van der Waals surface area contributed by atoms with Gasteiger partial charge in [0, 0.05) is 38.4 Å². The van der Waals surface area contributed by atoms with Crippen molar-refractivity contribution in [2.75, 3.05) is 4.90 Å². The molecule has 0 N–H and O–H groups in total. The van der Waals surface area contributed by atoms with E-state index in [9.17, 15) is 0 Å². The molecule has 11 aromatic rings. The third-order valence-electron chi connectivity index (χ3n) is 24.3. The van der Waals surface area contributed by atoms with E-state index in [0.717, 1.165) is 19.3 Å². The van der Waals surface area contributed by atoms with E-state index in [1.807, 2.05) is 0 Å². The van der Waals surface area contributed by atoms with Gasteiger partial charge in [-0.05, 0) is 221 Å². The highest BCUT2D eigenvalue weighted by molar-refractivity contribution is 5.94. The number of fused-ring (bicyclic) bond motifs is 21. The van der Waals surface area contributed by atoms with Crippen molar-refractivity contribution in [2.45, 2.75) is 117 Å². The zero-order valence-electron chi connectivity index (χ0n) is 50.4. The lowest BCUT2D eigenvalue weighted by atomic mass is 9.36. The maximum atomic E-state index is 2.67. The molecule has 11 aromatic carbocycles. The minimum atomic E-state index is -0.210. The van der Waals surface area contributed by atoms with E-state index in [1.54, 1.807) is 33.4 Å². The summed E-state index contributed by atoms with van der Waals surface area (Å²) < 4.78 is 0. The molecule has 0 saturated heterocycles. The fraction of sp³-hybridized carbons (Fsp3) is 0.233. The van der Waals surface area contributed by atoms with E-state index in [4.69, 9.17) is 0 Å². The van der Waals surface area contributed by atoms with Gasteiger partial charge in [0.2, 0.25) is 0 Å². The van der Waals surface area contributed by atoms with Gasteiger partial charge < -0.3 is 4.90 Å². The normalized spacial score (nSPS) is 25.0. The van der Waals surface area contributed by atoms with Crippen LogP contribution in [0.1, 0.15) is 146 Å². The number of hydrogen-bond acceptors (Lipinski definition) is 1. The summed E-state index contributed by atoms with van der Waals surface area (Å²) in [7, 11) is 0. The molecule has 0 radical (unpaired) electrons.